The summed E-state index contributed by atoms with van der Waals surface area (Å²) in [5.74, 6) is 0. The topological polar surface area (TPSA) is 40.5 Å². The van der Waals surface area contributed by atoms with Crippen molar-refractivity contribution in [3.63, 3.8) is 0 Å². The monoisotopic (exact) mass is 200 g/mol. The Morgan fingerprint density at radius 3 is 2.71 bits per heavy atom. The fraction of sp³-hybridized carbons (Fsp3) is 1.00. The van der Waals surface area contributed by atoms with Crippen molar-refractivity contribution in [2.24, 2.45) is 0 Å². The van der Waals surface area contributed by atoms with E-state index < -0.39 is 5.60 Å². The highest BCUT2D eigenvalue weighted by molar-refractivity contribution is 4.85. The highest BCUT2D eigenvalue weighted by Crippen LogP contribution is 2.32. The zero-order valence-electron chi connectivity index (χ0n) is 9.34. The summed E-state index contributed by atoms with van der Waals surface area (Å²) < 4.78 is 0. The van der Waals surface area contributed by atoms with Gasteiger partial charge in [-0.1, -0.05) is 32.6 Å². The molecule has 1 fully saturated rings. The molecule has 2 nitrogen and oxygen atoms in total. The van der Waals surface area contributed by atoms with Crippen LogP contribution in [-0.2, 0) is 0 Å². The fourth-order valence-corrected chi connectivity index (χ4v) is 2.42. The van der Waals surface area contributed by atoms with Gasteiger partial charge in [-0.25, -0.2) is 0 Å². The molecule has 2 heteroatoms. The number of aliphatic hydroxyl groups is 2. The standard InChI is InChI=1S/C12H24O2/c1-2-3-4-5-8-12(14)9-6-7-11(13)10-12/h11,13-14H,2-10H2,1H3. The average molecular weight is 200 g/mol. The second-order valence-electron chi connectivity index (χ2n) is 4.79. The van der Waals surface area contributed by atoms with E-state index in [1.165, 1.54) is 19.3 Å². The zero-order chi connectivity index (χ0) is 10.4. The van der Waals surface area contributed by atoms with Gasteiger partial charge in [0, 0.05) is 6.42 Å². The molecule has 0 aromatic carbocycles. The molecule has 1 rings (SSSR count). The average Bonchev–Trinajstić information content (AvgIpc) is 2.12. The van der Waals surface area contributed by atoms with Gasteiger partial charge < -0.3 is 10.2 Å². The van der Waals surface area contributed by atoms with Crippen molar-refractivity contribution in [3.8, 4) is 0 Å². The first kappa shape index (κ1) is 12.0. The predicted molar refractivity (Wildman–Crippen MR) is 58.2 cm³/mol. The molecule has 0 aromatic heterocycles. The first-order chi connectivity index (χ1) is 6.66. The summed E-state index contributed by atoms with van der Waals surface area (Å²) in [4.78, 5) is 0. The molecule has 0 aliphatic heterocycles. The van der Waals surface area contributed by atoms with Crippen LogP contribution < -0.4 is 0 Å². The molecule has 0 radical (unpaired) electrons. The highest BCUT2D eigenvalue weighted by atomic mass is 16.3. The van der Waals surface area contributed by atoms with Crippen molar-refractivity contribution in [2.45, 2.75) is 76.4 Å². The third-order valence-electron chi connectivity index (χ3n) is 3.29. The van der Waals surface area contributed by atoms with Crippen LogP contribution in [0.3, 0.4) is 0 Å². The minimum Gasteiger partial charge on any atom is -0.393 e. The molecule has 0 bridgehead atoms. The molecule has 2 N–H and O–H groups in total. The van der Waals surface area contributed by atoms with Crippen LogP contribution in [-0.4, -0.2) is 21.9 Å². The molecular weight excluding hydrogens is 176 g/mol. The Morgan fingerprint density at radius 1 is 1.29 bits per heavy atom. The number of hydrogen-bond acceptors (Lipinski definition) is 2. The molecule has 14 heavy (non-hydrogen) atoms. The fourth-order valence-electron chi connectivity index (χ4n) is 2.42. The maximum Gasteiger partial charge on any atom is 0.0672 e. The van der Waals surface area contributed by atoms with Gasteiger partial charge in [0.2, 0.25) is 0 Å². The lowest BCUT2D eigenvalue weighted by Gasteiger charge is -2.34. The summed E-state index contributed by atoms with van der Waals surface area (Å²) in [5.41, 5.74) is -0.550. The van der Waals surface area contributed by atoms with Crippen LogP contribution in [0.25, 0.3) is 0 Å². The van der Waals surface area contributed by atoms with Gasteiger partial charge in [-0.05, 0) is 25.7 Å². The van der Waals surface area contributed by atoms with Crippen molar-refractivity contribution in [1.29, 1.82) is 0 Å². The summed E-state index contributed by atoms with van der Waals surface area (Å²) in [6.45, 7) is 2.19. The van der Waals surface area contributed by atoms with Gasteiger partial charge in [0.15, 0.2) is 0 Å². The van der Waals surface area contributed by atoms with Crippen LogP contribution in [0.15, 0.2) is 0 Å². The van der Waals surface area contributed by atoms with Gasteiger partial charge in [-0.3, -0.25) is 0 Å². The Morgan fingerprint density at radius 2 is 2.07 bits per heavy atom. The van der Waals surface area contributed by atoms with Crippen molar-refractivity contribution in [1.82, 2.24) is 0 Å². The summed E-state index contributed by atoms with van der Waals surface area (Å²) in [7, 11) is 0. The summed E-state index contributed by atoms with van der Waals surface area (Å²) in [5, 5.41) is 19.7. The lowest BCUT2D eigenvalue weighted by molar-refractivity contribution is -0.0518. The third-order valence-corrected chi connectivity index (χ3v) is 3.29. The van der Waals surface area contributed by atoms with E-state index in [-0.39, 0.29) is 6.10 Å². The number of unbranched alkanes of at least 4 members (excludes halogenated alkanes) is 3. The Labute approximate surface area is 87.3 Å². The van der Waals surface area contributed by atoms with Crippen LogP contribution in [0, 0.1) is 0 Å². The molecule has 2 unspecified atom stereocenters. The summed E-state index contributed by atoms with van der Waals surface area (Å²) >= 11 is 0. The highest BCUT2D eigenvalue weighted by Gasteiger charge is 2.32. The molecule has 0 aromatic rings. The Balaban J connectivity index is 2.19. The summed E-state index contributed by atoms with van der Waals surface area (Å²) in [6.07, 6.45) is 8.77. The SMILES string of the molecule is CCCCCCC1(O)CCCC(O)C1. The number of aliphatic hydroxyl groups excluding tert-OH is 1. The quantitative estimate of drug-likeness (QED) is 0.670. The minimum atomic E-state index is -0.550. The van der Waals surface area contributed by atoms with Crippen LogP contribution in [0.1, 0.15) is 64.7 Å². The second-order valence-corrected chi connectivity index (χ2v) is 4.79. The zero-order valence-corrected chi connectivity index (χ0v) is 9.34. The molecule has 0 saturated heterocycles. The smallest absolute Gasteiger partial charge is 0.0672 e. The molecule has 0 spiro atoms. The van der Waals surface area contributed by atoms with Gasteiger partial charge >= 0.3 is 0 Å². The van der Waals surface area contributed by atoms with E-state index in [4.69, 9.17) is 0 Å². The maximum absolute atomic E-state index is 10.2. The minimum absolute atomic E-state index is 0.264. The van der Waals surface area contributed by atoms with E-state index in [2.05, 4.69) is 6.92 Å². The molecule has 1 aliphatic rings. The van der Waals surface area contributed by atoms with Crippen molar-refractivity contribution < 1.29 is 10.2 Å². The molecule has 0 heterocycles. The third kappa shape index (κ3) is 3.97. The Hall–Kier alpha value is -0.0800. The van der Waals surface area contributed by atoms with E-state index in [1.807, 2.05) is 0 Å². The van der Waals surface area contributed by atoms with Gasteiger partial charge in [-0.15, -0.1) is 0 Å². The largest absolute Gasteiger partial charge is 0.393 e. The van der Waals surface area contributed by atoms with E-state index in [0.717, 1.165) is 32.1 Å². The molecule has 1 saturated carbocycles. The number of hydrogen-bond donors (Lipinski definition) is 2. The van der Waals surface area contributed by atoms with Gasteiger partial charge in [0.05, 0.1) is 11.7 Å². The Bertz CT molecular complexity index is 158. The molecule has 1 aliphatic carbocycles. The second kappa shape index (κ2) is 5.72. The first-order valence-electron chi connectivity index (χ1n) is 6.07. The van der Waals surface area contributed by atoms with Gasteiger partial charge in [0.25, 0.3) is 0 Å². The van der Waals surface area contributed by atoms with Gasteiger partial charge in [0.1, 0.15) is 0 Å². The van der Waals surface area contributed by atoms with E-state index in [9.17, 15) is 10.2 Å². The Kier molecular flexibility index (Phi) is 4.90. The molecular formula is C12H24O2. The lowest BCUT2D eigenvalue weighted by Crippen LogP contribution is -2.37. The van der Waals surface area contributed by atoms with Crippen LogP contribution in [0.2, 0.25) is 0 Å². The first-order valence-corrected chi connectivity index (χ1v) is 6.07. The lowest BCUT2D eigenvalue weighted by atomic mass is 9.80. The van der Waals surface area contributed by atoms with E-state index in [1.54, 1.807) is 0 Å². The summed E-state index contributed by atoms with van der Waals surface area (Å²) in [6, 6.07) is 0. The van der Waals surface area contributed by atoms with E-state index in [0.29, 0.717) is 6.42 Å². The van der Waals surface area contributed by atoms with Crippen molar-refractivity contribution in [3.05, 3.63) is 0 Å². The molecule has 0 amide bonds. The molecule has 2 atom stereocenters. The van der Waals surface area contributed by atoms with Crippen LogP contribution in [0.5, 0.6) is 0 Å². The van der Waals surface area contributed by atoms with Crippen LogP contribution >= 0.6 is 0 Å². The molecule has 84 valence electrons. The predicted octanol–water partition coefficient (Wildman–Crippen LogP) is 2.62. The number of rotatable bonds is 5. The van der Waals surface area contributed by atoms with Crippen molar-refractivity contribution >= 4 is 0 Å². The van der Waals surface area contributed by atoms with Crippen LogP contribution in [0.4, 0.5) is 0 Å². The normalized spacial score (nSPS) is 33.2. The van der Waals surface area contributed by atoms with Crippen molar-refractivity contribution in [2.75, 3.05) is 0 Å². The van der Waals surface area contributed by atoms with Gasteiger partial charge in [-0.2, -0.15) is 0 Å². The van der Waals surface area contributed by atoms with E-state index >= 15 is 0 Å². The maximum atomic E-state index is 10.2.